The molecule has 3 atom stereocenters. The lowest BCUT2D eigenvalue weighted by molar-refractivity contribution is -0.162. The number of carbonyl (C=O) groups excluding carboxylic acids is 2. The van der Waals surface area contributed by atoms with Crippen LogP contribution >= 0.6 is 0 Å². The van der Waals surface area contributed by atoms with Crippen LogP contribution in [0.2, 0.25) is 0 Å². The van der Waals surface area contributed by atoms with Crippen molar-refractivity contribution in [2.75, 3.05) is 19.6 Å². The molecule has 1 unspecified atom stereocenters. The Morgan fingerprint density at radius 2 is 1.77 bits per heavy atom. The van der Waals surface area contributed by atoms with Crippen LogP contribution in [-0.2, 0) is 22.6 Å². The molecule has 2 amide bonds. The molecule has 0 aliphatic heterocycles. The van der Waals surface area contributed by atoms with Gasteiger partial charge in [0.15, 0.2) is 0 Å². The predicted octanol–water partition coefficient (Wildman–Crippen LogP) is 5.27. The highest BCUT2D eigenvalue weighted by atomic mass is 19.1. The van der Waals surface area contributed by atoms with Crippen LogP contribution in [0.15, 0.2) is 54.1 Å². The van der Waals surface area contributed by atoms with Crippen molar-refractivity contribution in [3.05, 3.63) is 82.4 Å². The number of nitrogens with two attached hydrogens (primary N) is 1. The number of allylic oxidation sites excluding steroid dienone is 1. The van der Waals surface area contributed by atoms with Crippen molar-refractivity contribution in [1.82, 2.24) is 10.2 Å². The Bertz CT molecular complexity index is 1360. The second kappa shape index (κ2) is 15.3. The Morgan fingerprint density at radius 3 is 2.37 bits per heavy atom. The number of rotatable bonds is 14. The largest absolute Gasteiger partial charge is 0.391 e. The SMILES string of the molecule is CC#Cc1cccc(CNCCCC2(C(=O)N(CCC)CCC)CC(C)=C[C@](Cc3cc(F)cc(F)c3)(C(N)=O)[C@@H]2O)c1. The van der Waals surface area contributed by atoms with Gasteiger partial charge in [0.2, 0.25) is 11.8 Å². The van der Waals surface area contributed by atoms with E-state index in [0.29, 0.717) is 39.0 Å². The molecule has 232 valence electrons. The molecule has 8 heteroatoms. The van der Waals surface area contributed by atoms with E-state index in [2.05, 4.69) is 17.2 Å². The number of halogens is 2. The number of aliphatic hydroxyl groups is 1. The summed E-state index contributed by atoms with van der Waals surface area (Å²) >= 11 is 0. The Kier molecular flexibility index (Phi) is 12.1. The number of carbonyl (C=O) groups is 2. The first-order chi connectivity index (χ1) is 20.5. The van der Waals surface area contributed by atoms with E-state index in [-0.39, 0.29) is 24.3 Å². The van der Waals surface area contributed by atoms with Crippen molar-refractivity contribution in [1.29, 1.82) is 0 Å². The minimum atomic E-state index is -1.73. The predicted molar refractivity (Wildman–Crippen MR) is 166 cm³/mol. The number of aliphatic hydroxyl groups excluding tert-OH is 1. The summed E-state index contributed by atoms with van der Waals surface area (Å²) in [4.78, 5) is 29.4. The molecule has 0 saturated heterocycles. The average Bonchev–Trinajstić information content (AvgIpc) is 2.94. The highest BCUT2D eigenvalue weighted by Gasteiger charge is 2.59. The zero-order chi connectivity index (χ0) is 31.6. The molecule has 2 aromatic carbocycles. The molecular weight excluding hydrogens is 548 g/mol. The first-order valence-corrected chi connectivity index (χ1v) is 15.1. The maximum atomic E-state index is 14.4. The number of hydrogen-bond donors (Lipinski definition) is 3. The number of nitrogens with one attached hydrogen (secondary N) is 1. The summed E-state index contributed by atoms with van der Waals surface area (Å²) < 4.78 is 28.3. The number of primary amides is 1. The lowest BCUT2D eigenvalue weighted by atomic mass is 9.57. The second-order valence-corrected chi connectivity index (χ2v) is 11.7. The number of hydrogen-bond acceptors (Lipinski definition) is 4. The number of nitrogens with zero attached hydrogens (tertiary/aromatic N) is 1. The summed E-state index contributed by atoms with van der Waals surface area (Å²) in [6.45, 7) is 9.78. The van der Waals surface area contributed by atoms with Crippen molar-refractivity contribution in [2.45, 2.75) is 78.9 Å². The maximum absolute atomic E-state index is 14.4. The van der Waals surface area contributed by atoms with Crippen LogP contribution in [0.4, 0.5) is 8.78 Å². The third-order valence-corrected chi connectivity index (χ3v) is 8.19. The molecular formula is C35H45F2N3O3. The molecule has 0 bridgehead atoms. The lowest BCUT2D eigenvalue weighted by Crippen LogP contribution is -2.62. The molecule has 0 saturated carbocycles. The van der Waals surface area contributed by atoms with Gasteiger partial charge in [-0.15, -0.1) is 5.92 Å². The van der Waals surface area contributed by atoms with Crippen LogP contribution in [0.1, 0.15) is 76.5 Å². The molecule has 1 aliphatic carbocycles. The van der Waals surface area contributed by atoms with Crippen molar-refractivity contribution in [2.24, 2.45) is 16.6 Å². The Balaban J connectivity index is 1.95. The van der Waals surface area contributed by atoms with Crippen LogP contribution in [0, 0.1) is 34.3 Å². The van der Waals surface area contributed by atoms with Gasteiger partial charge in [-0.2, -0.15) is 0 Å². The monoisotopic (exact) mass is 593 g/mol. The minimum absolute atomic E-state index is 0.179. The van der Waals surface area contributed by atoms with Crippen molar-refractivity contribution in [3.8, 4) is 11.8 Å². The van der Waals surface area contributed by atoms with E-state index < -0.39 is 34.5 Å². The third-order valence-electron chi connectivity index (χ3n) is 8.19. The van der Waals surface area contributed by atoms with E-state index in [9.17, 15) is 23.5 Å². The van der Waals surface area contributed by atoms with Gasteiger partial charge in [-0.25, -0.2) is 8.78 Å². The number of amides is 2. The quantitative estimate of drug-likeness (QED) is 0.158. The van der Waals surface area contributed by atoms with Gasteiger partial charge < -0.3 is 21.1 Å². The molecule has 4 N–H and O–H groups in total. The summed E-state index contributed by atoms with van der Waals surface area (Å²) in [6, 6.07) is 11.0. The van der Waals surface area contributed by atoms with Gasteiger partial charge in [-0.3, -0.25) is 9.59 Å². The van der Waals surface area contributed by atoms with Gasteiger partial charge in [-0.05, 0) is 94.3 Å². The van der Waals surface area contributed by atoms with E-state index in [0.717, 1.165) is 47.7 Å². The molecule has 0 radical (unpaired) electrons. The molecule has 2 aromatic rings. The standard InChI is InChI=1S/C35H45F2N3O3/c1-5-10-26-11-8-12-27(17-26)24-39-14-9-13-34(33(43)40(15-6-2)16-7-3)21-25(4)22-35(31(34)41,32(38)42)23-28-18-29(36)20-30(37)19-28/h8,11-12,17-20,22,31,39,41H,6-7,9,13-16,21,23-24H2,1-4H3,(H2,38,42)/t31-,34?,35-/m1/s1. The van der Waals surface area contributed by atoms with Crippen LogP contribution in [0.3, 0.4) is 0 Å². The smallest absolute Gasteiger partial charge is 0.231 e. The topological polar surface area (TPSA) is 95.7 Å². The van der Waals surface area contributed by atoms with Crippen LogP contribution < -0.4 is 11.1 Å². The van der Waals surface area contributed by atoms with Crippen LogP contribution in [0.5, 0.6) is 0 Å². The normalized spacial score (nSPS) is 21.5. The van der Waals surface area contributed by atoms with Crippen molar-refractivity contribution >= 4 is 11.8 Å². The first kappa shape index (κ1) is 34.0. The van der Waals surface area contributed by atoms with Gasteiger partial charge in [0.1, 0.15) is 11.6 Å². The summed E-state index contributed by atoms with van der Waals surface area (Å²) in [6.07, 6.45) is 2.42. The molecule has 1 aliphatic rings. The summed E-state index contributed by atoms with van der Waals surface area (Å²) in [5, 5.41) is 15.6. The molecule has 0 fully saturated rings. The van der Waals surface area contributed by atoms with Gasteiger partial charge in [-0.1, -0.05) is 43.5 Å². The van der Waals surface area contributed by atoms with Gasteiger partial charge in [0.05, 0.1) is 16.9 Å². The molecule has 6 nitrogen and oxygen atoms in total. The van der Waals surface area contributed by atoms with Crippen LogP contribution in [-0.4, -0.2) is 47.6 Å². The Labute approximate surface area is 254 Å². The summed E-state index contributed by atoms with van der Waals surface area (Å²) in [5.41, 5.74) is 5.84. The summed E-state index contributed by atoms with van der Waals surface area (Å²) in [5.74, 6) is 3.31. The van der Waals surface area contributed by atoms with Gasteiger partial charge in [0, 0.05) is 31.3 Å². The first-order valence-electron chi connectivity index (χ1n) is 15.1. The van der Waals surface area contributed by atoms with Gasteiger partial charge in [0.25, 0.3) is 0 Å². The lowest BCUT2D eigenvalue weighted by Gasteiger charge is -2.50. The van der Waals surface area contributed by atoms with Gasteiger partial charge >= 0.3 is 0 Å². The van der Waals surface area contributed by atoms with Crippen molar-refractivity contribution < 1.29 is 23.5 Å². The van der Waals surface area contributed by atoms with E-state index in [4.69, 9.17) is 5.73 Å². The molecule has 0 spiro atoms. The molecule has 0 heterocycles. The zero-order valence-electron chi connectivity index (χ0n) is 25.8. The minimum Gasteiger partial charge on any atom is -0.391 e. The fourth-order valence-corrected chi connectivity index (χ4v) is 6.51. The van der Waals surface area contributed by atoms with Crippen molar-refractivity contribution in [3.63, 3.8) is 0 Å². The summed E-state index contributed by atoms with van der Waals surface area (Å²) in [7, 11) is 0. The highest BCUT2D eigenvalue weighted by molar-refractivity contribution is 5.90. The fraction of sp³-hybridized carbons (Fsp3) is 0.486. The average molecular weight is 594 g/mol. The second-order valence-electron chi connectivity index (χ2n) is 11.7. The molecule has 0 aromatic heterocycles. The van der Waals surface area contributed by atoms with E-state index in [1.165, 1.54) is 0 Å². The number of benzene rings is 2. The molecule has 43 heavy (non-hydrogen) atoms. The van der Waals surface area contributed by atoms with E-state index in [1.807, 2.05) is 45.0 Å². The third kappa shape index (κ3) is 8.10. The Hall–Kier alpha value is -3.54. The van der Waals surface area contributed by atoms with E-state index >= 15 is 0 Å². The maximum Gasteiger partial charge on any atom is 0.231 e. The fourth-order valence-electron chi connectivity index (χ4n) is 6.51. The highest BCUT2D eigenvalue weighted by Crippen LogP contribution is 2.51. The van der Waals surface area contributed by atoms with Crippen LogP contribution in [0.25, 0.3) is 0 Å². The zero-order valence-corrected chi connectivity index (χ0v) is 25.8. The van der Waals surface area contributed by atoms with E-state index in [1.54, 1.807) is 17.9 Å². The Morgan fingerprint density at radius 1 is 1.09 bits per heavy atom. The molecule has 3 rings (SSSR count).